The van der Waals surface area contributed by atoms with Crippen molar-refractivity contribution >= 4 is 45.5 Å². The van der Waals surface area contributed by atoms with E-state index in [9.17, 15) is 75.0 Å². The molecule has 2 saturated carbocycles. The summed E-state index contributed by atoms with van der Waals surface area (Å²) in [7, 11) is -21.3. The Labute approximate surface area is 365 Å². The molecule has 370 valence electrons. The molecule has 3 spiro atoms. The standard InChI is InChI=1S/C14H26O4.C14H24O3.C2H3N.3CHF3O3S.Al/c1-12(2,11-15)3-4-13(16)5-7-14(8-6-13)17-9-10-18-14;1-12(2)3-4-13(17-11-12)5-7-14(8-6-13)15-9-10-16-14;1-2-3;3*2-1(3,4)8(5,6)7;/h15-16H,3-11H2,1-2H3;3-11H2,1-2H3;1H3;3*(H,5,6,7);/q;;;;;;+3/p-3. The van der Waals surface area contributed by atoms with Crippen LogP contribution in [0, 0.1) is 22.2 Å². The fraction of sp³-hybridized carbons (Fsp3) is 0.970. The number of aliphatic hydroxyl groups excluding tert-OH is 1. The van der Waals surface area contributed by atoms with Crippen LogP contribution in [-0.2, 0) is 63.7 Å². The van der Waals surface area contributed by atoms with Gasteiger partial charge < -0.3 is 43.6 Å². The lowest BCUT2D eigenvalue weighted by Gasteiger charge is -2.48. The quantitative estimate of drug-likeness (QED) is 0.149. The molecule has 5 rings (SSSR count). The number of nitriles is 1. The first-order chi connectivity index (χ1) is 28.4. The van der Waals surface area contributed by atoms with Gasteiger partial charge in [0.2, 0.25) is 0 Å². The third kappa shape index (κ3) is 17.1. The van der Waals surface area contributed by atoms with Crippen LogP contribution in [0.1, 0.15) is 112 Å². The first kappa shape index (κ1) is 58.0. The second-order valence-electron chi connectivity index (χ2n) is 16.9. The lowest BCUT2D eigenvalue weighted by atomic mass is 9.72. The van der Waals surface area contributed by atoms with E-state index in [0.717, 1.165) is 84.0 Å². The van der Waals surface area contributed by atoms with Crippen LogP contribution in [0.25, 0.3) is 0 Å². The molecular weight excluding hydrogens is 961 g/mol. The highest BCUT2D eigenvalue weighted by atomic mass is 32.2. The second-order valence-corrected chi connectivity index (χ2v) is 23.9. The molecule has 30 heteroatoms. The average molecular weight is 1010 g/mol. The Morgan fingerprint density at radius 1 is 0.619 bits per heavy atom. The molecule has 3 aliphatic heterocycles. The summed E-state index contributed by atoms with van der Waals surface area (Å²) in [5, 5.41) is 27.2. The Kier molecular flexibility index (Phi) is 19.7. The molecule has 2 N–H and O–H groups in total. The van der Waals surface area contributed by atoms with Gasteiger partial charge in [0.15, 0.2) is 11.6 Å². The first-order valence-corrected chi connectivity index (χ1v) is 24.8. The predicted molar refractivity (Wildman–Crippen MR) is 198 cm³/mol. The lowest BCUT2D eigenvalue weighted by Crippen LogP contribution is -2.49. The predicted octanol–water partition coefficient (Wildman–Crippen LogP) is 5.81. The minimum absolute atomic E-state index is 0.106. The molecule has 5 fully saturated rings. The van der Waals surface area contributed by atoms with Crippen molar-refractivity contribution in [3.05, 3.63) is 0 Å². The maximum Gasteiger partial charge on any atom is 0.952 e. The van der Waals surface area contributed by atoms with E-state index in [2.05, 4.69) is 23.6 Å². The summed E-state index contributed by atoms with van der Waals surface area (Å²) in [5.74, 6) is -0.652. The molecule has 2 aliphatic carbocycles. The van der Waals surface area contributed by atoms with E-state index in [1.165, 1.54) is 19.8 Å². The zero-order valence-corrected chi connectivity index (χ0v) is 38.6. The number of aliphatic hydroxyl groups is 2. The Morgan fingerprint density at radius 2 is 0.937 bits per heavy atom. The van der Waals surface area contributed by atoms with Gasteiger partial charge in [-0.1, -0.05) is 27.7 Å². The molecule has 0 bridgehead atoms. The molecule has 0 amide bonds. The van der Waals surface area contributed by atoms with Gasteiger partial charge in [-0.2, -0.15) is 70.0 Å². The van der Waals surface area contributed by atoms with Crippen LogP contribution in [0.5, 0.6) is 0 Å². The molecule has 0 aromatic carbocycles. The van der Waals surface area contributed by atoms with Crippen LogP contribution in [0.3, 0.4) is 0 Å². The van der Waals surface area contributed by atoms with Gasteiger partial charge in [0.05, 0.1) is 50.3 Å². The molecule has 17 nitrogen and oxygen atoms in total. The van der Waals surface area contributed by atoms with Crippen molar-refractivity contribution in [3.63, 3.8) is 0 Å². The Hall–Kier alpha value is -1.16. The van der Waals surface area contributed by atoms with Gasteiger partial charge in [-0.05, 0) is 62.2 Å². The van der Waals surface area contributed by atoms with Gasteiger partial charge in [-0.15, -0.1) is 0 Å². The molecule has 0 aromatic heterocycles. The van der Waals surface area contributed by atoms with Crippen molar-refractivity contribution < 1.29 is 108 Å². The van der Waals surface area contributed by atoms with Crippen LogP contribution in [-0.4, -0.2) is 130 Å². The molecular formula is C33H53AlF9NO16S3. The molecule has 63 heavy (non-hydrogen) atoms. The summed E-state index contributed by atoms with van der Waals surface area (Å²) < 4.78 is 208. The van der Waals surface area contributed by atoms with E-state index in [1.54, 1.807) is 6.07 Å². The van der Waals surface area contributed by atoms with Crippen LogP contribution in [0.4, 0.5) is 39.5 Å². The van der Waals surface area contributed by atoms with Crippen LogP contribution in [0.2, 0.25) is 0 Å². The molecule has 0 atom stereocenters. The van der Waals surface area contributed by atoms with Crippen molar-refractivity contribution in [2.24, 2.45) is 10.8 Å². The number of halogens is 9. The van der Waals surface area contributed by atoms with Crippen molar-refractivity contribution in [1.82, 2.24) is 0 Å². The minimum atomic E-state index is -7.08. The van der Waals surface area contributed by atoms with E-state index in [-0.39, 0.29) is 23.4 Å². The van der Waals surface area contributed by atoms with E-state index in [4.69, 9.17) is 28.9 Å². The largest absolute Gasteiger partial charge is 0.952 e. The summed E-state index contributed by atoms with van der Waals surface area (Å²) in [6, 6.07) is 1.75. The van der Waals surface area contributed by atoms with Gasteiger partial charge in [0.1, 0.15) is 0 Å². The van der Waals surface area contributed by atoms with Crippen molar-refractivity contribution in [1.29, 1.82) is 5.26 Å². The number of nitrogens with zero attached hydrogens (tertiary/aromatic N) is 1. The monoisotopic (exact) mass is 1010 g/mol. The van der Waals surface area contributed by atoms with E-state index in [1.807, 2.05) is 13.8 Å². The lowest BCUT2D eigenvalue weighted by molar-refractivity contribution is -0.225. The van der Waals surface area contributed by atoms with Crippen LogP contribution in [0.15, 0.2) is 0 Å². The van der Waals surface area contributed by atoms with Gasteiger partial charge >= 0.3 is 62.0 Å². The van der Waals surface area contributed by atoms with Crippen molar-refractivity contribution in [3.8, 4) is 6.07 Å². The number of hydrogen-bond donors (Lipinski definition) is 2. The Balaban J connectivity index is 0.000000320. The van der Waals surface area contributed by atoms with Crippen LogP contribution < -0.4 is 0 Å². The maximum atomic E-state index is 12.0. The molecule has 0 unspecified atom stereocenters. The second kappa shape index (κ2) is 21.4. The zero-order valence-electron chi connectivity index (χ0n) is 35.0. The molecule has 0 radical (unpaired) electrons. The summed E-state index contributed by atoms with van der Waals surface area (Å²) >= 11 is -6.33. The summed E-state index contributed by atoms with van der Waals surface area (Å²) in [6.07, 6.45) is 11.3. The highest BCUT2D eigenvalue weighted by Crippen LogP contribution is 2.48. The SMILES string of the molecule is CC#N.CC(C)(CO)CCC1(O)CCC2(CC1)OCCO2.CC1(C)CCC2(CCC3(CC2)OCCO3)OC1.O=S(=O)([O][Al]([O]S(=O)(=O)C(F)(F)F)[O]S(=O)(=O)C(F)(F)F)C(F)(F)F. The fourth-order valence-corrected chi connectivity index (χ4v) is 11.7. The topological polar surface area (TPSA) is 241 Å². The average Bonchev–Trinajstić information content (AvgIpc) is 3.81. The fourth-order valence-electron chi connectivity index (χ4n) is 6.63. The third-order valence-electron chi connectivity index (χ3n) is 10.7. The molecule has 0 aromatic rings. The maximum absolute atomic E-state index is 12.0. The highest BCUT2D eigenvalue weighted by Gasteiger charge is 2.62. The summed E-state index contributed by atoms with van der Waals surface area (Å²) in [4.78, 5) is 0. The van der Waals surface area contributed by atoms with Crippen molar-refractivity contribution in [2.45, 2.75) is 151 Å². The van der Waals surface area contributed by atoms with Gasteiger partial charge in [-0.25, -0.2) is 0 Å². The zero-order chi connectivity index (χ0) is 48.7. The molecule has 3 heterocycles. The van der Waals surface area contributed by atoms with Gasteiger partial charge in [0, 0.05) is 39.2 Å². The van der Waals surface area contributed by atoms with Gasteiger partial charge in [-0.3, -0.25) is 0 Å². The van der Waals surface area contributed by atoms with E-state index < -0.39 is 73.4 Å². The number of hydrogen-bond acceptors (Lipinski definition) is 17. The Bertz CT molecular complexity index is 1720. The highest BCUT2D eigenvalue weighted by molar-refractivity contribution is 7.91. The smallest absolute Gasteiger partial charge is 0.396 e. The van der Waals surface area contributed by atoms with Gasteiger partial charge in [0.25, 0.3) is 0 Å². The van der Waals surface area contributed by atoms with Crippen molar-refractivity contribution in [2.75, 3.05) is 39.6 Å². The third-order valence-corrected chi connectivity index (χ3v) is 17.3. The summed E-state index contributed by atoms with van der Waals surface area (Å²) in [6.45, 7) is 14.0. The van der Waals surface area contributed by atoms with E-state index >= 15 is 0 Å². The molecule has 3 saturated heterocycles. The summed E-state index contributed by atoms with van der Waals surface area (Å²) in [5.41, 5.74) is -19.7. The minimum Gasteiger partial charge on any atom is -0.396 e. The number of rotatable bonds is 10. The van der Waals surface area contributed by atoms with E-state index in [0.29, 0.717) is 18.6 Å². The Morgan fingerprint density at radius 3 is 1.22 bits per heavy atom. The first-order valence-electron chi connectivity index (χ1n) is 19.2. The molecule has 5 aliphatic rings. The van der Waals surface area contributed by atoms with Crippen LogP contribution >= 0.6 is 0 Å². The number of alkyl halides is 9. The number of ether oxygens (including phenoxy) is 5. The normalized spacial score (nSPS) is 23.0.